The van der Waals surface area contributed by atoms with Crippen molar-refractivity contribution in [3.8, 4) is 11.5 Å². The molecule has 0 radical (unpaired) electrons. The molecule has 0 saturated carbocycles. The van der Waals surface area contributed by atoms with Gasteiger partial charge < -0.3 is 14.7 Å². The molecule has 4 nitrogen and oxygen atoms in total. The molecule has 0 aliphatic rings. The van der Waals surface area contributed by atoms with Crippen molar-refractivity contribution in [3.63, 3.8) is 0 Å². The van der Waals surface area contributed by atoms with Crippen molar-refractivity contribution in [1.29, 1.82) is 0 Å². The van der Waals surface area contributed by atoms with Crippen molar-refractivity contribution in [2.75, 3.05) is 20.7 Å². The van der Waals surface area contributed by atoms with Crippen molar-refractivity contribution in [3.05, 3.63) is 23.8 Å². The van der Waals surface area contributed by atoms with E-state index in [-0.39, 0.29) is 22.6 Å². The van der Waals surface area contributed by atoms with Gasteiger partial charge in [-0.3, -0.25) is 4.79 Å². The summed E-state index contributed by atoms with van der Waals surface area (Å²) in [6.45, 7) is 2.22. The highest BCUT2D eigenvalue weighted by Gasteiger charge is 2.17. The number of nitrogens with zero attached hydrogens (tertiary/aromatic N) is 1. The molecule has 0 aromatic heterocycles. The van der Waals surface area contributed by atoms with Crippen molar-refractivity contribution in [2.45, 2.75) is 12.3 Å². The van der Waals surface area contributed by atoms with E-state index in [9.17, 15) is 9.90 Å². The van der Waals surface area contributed by atoms with Gasteiger partial charge in [0.1, 0.15) is 11.5 Å². The van der Waals surface area contributed by atoms with Gasteiger partial charge >= 0.3 is 0 Å². The molecule has 1 aromatic carbocycles. The second-order valence-electron chi connectivity index (χ2n) is 3.85. The Morgan fingerprint density at radius 1 is 1.59 bits per heavy atom. The summed E-state index contributed by atoms with van der Waals surface area (Å²) < 4.78 is 5.01. The number of hydrogen-bond donors (Lipinski definition) is 1. The summed E-state index contributed by atoms with van der Waals surface area (Å²) in [5.74, 6) is 0.178. The van der Waals surface area contributed by atoms with Gasteiger partial charge in [-0.05, 0) is 25.1 Å². The van der Waals surface area contributed by atoms with Gasteiger partial charge in [0.15, 0.2) is 0 Å². The Morgan fingerprint density at radius 3 is 2.76 bits per heavy atom. The number of hydrogen-bond acceptors (Lipinski definition) is 3. The fourth-order valence-electron chi connectivity index (χ4n) is 1.48. The minimum atomic E-state index is -0.283. The van der Waals surface area contributed by atoms with Crippen LogP contribution in [0.1, 0.15) is 17.3 Å². The number of amides is 1. The fraction of sp³-hybridized carbons (Fsp3) is 0.417. The van der Waals surface area contributed by atoms with Crippen molar-refractivity contribution in [2.24, 2.45) is 0 Å². The molecular formula is C12H16ClNO3. The molecule has 0 saturated heterocycles. The molecule has 1 aromatic rings. The average molecular weight is 258 g/mol. The predicted octanol–water partition coefficient (Wildman–Crippen LogP) is 2.10. The zero-order valence-corrected chi connectivity index (χ0v) is 10.9. The smallest absolute Gasteiger partial charge is 0.257 e. The predicted molar refractivity (Wildman–Crippen MR) is 66.9 cm³/mol. The van der Waals surface area contributed by atoms with Crippen LogP contribution in [0.2, 0.25) is 0 Å². The van der Waals surface area contributed by atoms with Gasteiger partial charge in [0.05, 0.1) is 12.7 Å². The van der Waals surface area contributed by atoms with E-state index in [4.69, 9.17) is 16.3 Å². The summed E-state index contributed by atoms with van der Waals surface area (Å²) in [6.07, 6.45) is 0. The molecule has 0 heterocycles. The molecule has 1 atom stereocenters. The molecule has 1 unspecified atom stereocenters. The number of halogens is 1. The van der Waals surface area contributed by atoms with Crippen LogP contribution >= 0.6 is 11.6 Å². The summed E-state index contributed by atoms with van der Waals surface area (Å²) in [6, 6.07) is 4.54. The minimum Gasteiger partial charge on any atom is -0.507 e. The standard InChI is InChI=1S/C12H16ClNO3/c1-8(13)7-14(2)12(16)10-6-9(17-3)4-5-11(10)15/h4-6,8,15H,7H2,1-3H3. The van der Waals surface area contributed by atoms with Gasteiger partial charge in [0, 0.05) is 19.0 Å². The Hall–Kier alpha value is -1.42. The SMILES string of the molecule is COc1ccc(O)c(C(=O)N(C)CC(C)Cl)c1. The summed E-state index contributed by atoms with van der Waals surface area (Å²) in [5, 5.41) is 9.51. The highest BCUT2D eigenvalue weighted by Crippen LogP contribution is 2.24. The van der Waals surface area contributed by atoms with Gasteiger partial charge in [-0.15, -0.1) is 11.6 Å². The lowest BCUT2D eigenvalue weighted by atomic mass is 10.1. The van der Waals surface area contributed by atoms with Crippen LogP contribution in [0.5, 0.6) is 11.5 Å². The van der Waals surface area contributed by atoms with Crippen LogP contribution in [0.15, 0.2) is 18.2 Å². The van der Waals surface area contributed by atoms with Gasteiger partial charge in [-0.25, -0.2) is 0 Å². The lowest BCUT2D eigenvalue weighted by molar-refractivity contribution is 0.0793. The van der Waals surface area contributed by atoms with Crippen LogP contribution < -0.4 is 4.74 Å². The Morgan fingerprint density at radius 2 is 2.24 bits per heavy atom. The third kappa shape index (κ3) is 3.53. The van der Waals surface area contributed by atoms with Crippen LogP contribution in [0.3, 0.4) is 0 Å². The van der Waals surface area contributed by atoms with Gasteiger partial charge in [0.2, 0.25) is 0 Å². The zero-order chi connectivity index (χ0) is 13.0. The zero-order valence-electron chi connectivity index (χ0n) is 10.1. The molecule has 17 heavy (non-hydrogen) atoms. The molecule has 94 valence electrons. The van der Waals surface area contributed by atoms with E-state index >= 15 is 0 Å². The molecule has 0 aliphatic heterocycles. The molecular weight excluding hydrogens is 242 g/mol. The number of benzene rings is 1. The normalized spacial score (nSPS) is 12.0. The molecule has 0 aliphatic carbocycles. The maximum absolute atomic E-state index is 12.0. The number of ether oxygens (including phenoxy) is 1. The largest absolute Gasteiger partial charge is 0.507 e. The first-order chi connectivity index (χ1) is 7.95. The average Bonchev–Trinajstić information content (AvgIpc) is 2.28. The number of methoxy groups -OCH3 is 1. The van der Waals surface area contributed by atoms with E-state index in [1.54, 1.807) is 20.0 Å². The van der Waals surface area contributed by atoms with E-state index in [0.717, 1.165) is 0 Å². The molecule has 0 spiro atoms. The lowest BCUT2D eigenvalue weighted by Crippen LogP contribution is -2.31. The van der Waals surface area contributed by atoms with Crippen LogP contribution in [-0.4, -0.2) is 42.0 Å². The second-order valence-corrected chi connectivity index (χ2v) is 4.59. The van der Waals surface area contributed by atoms with Crippen molar-refractivity contribution < 1.29 is 14.6 Å². The van der Waals surface area contributed by atoms with Gasteiger partial charge in [0.25, 0.3) is 5.91 Å². The molecule has 1 rings (SSSR count). The van der Waals surface area contributed by atoms with Crippen LogP contribution in [0.25, 0.3) is 0 Å². The molecule has 1 amide bonds. The van der Waals surface area contributed by atoms with Crippen molar-refractivity contribution in [1.82, 2.24) is 4.90 Å². The number of carbonyl (C=O) groups excluding carboxylic acids is 1. The maximum atomic E-state index is 12.0. The number of phenols is 1. The van der Waals surface area contributed by atoms with E-state index in [2.05, 4.69) is 0 Å². The van der Waals surface area contributed by atoms with E-state index in [0.29, 0.717) is 12.3 Å². The third-order valence-electron chi connectivity index (χ3n) is 2.31. The Kier molecular flexibility index (Phi) is 4.63. The van der Waals surface area contributed by atoms with Crippen LogP contribution in [-0.2, 0) is 0 Å². The number of rotatable bonds is 4. The minimum absolute atomic E-state index is 0.0649. The van der Waals surface area contributed by atoms with Crippen LogP contribution in [0, 0.1) is 0 Å². The quantitative estimate of drug-likeness (QED) is 0.841. The number of aromatic hydroxyl groups is 1. The number of phenolic OH excluding ortho intramolecular Hbond substituents is 1. The van der Waals surface area contributed by atoms with E-state index < -0.39 is 0 Å². The van der Waals surface area contributed by atoms with E-state index in [1.165, 1.54) is 24.1 Å². The molecule has 1 N–H and O–H groups in total. The summed E-state index contributed by atoms with van der Waals surface area (Å²) in [5.41, 5.74) is 0.212. The van der Waals surface area contributed by atoms with Gasteiger partial charge in [-0.1, -0.05) is 0 Å². The maximum Gasteiger partial charge on any atom is 0.257 e. The summed E-state index contributed by atoms with van der Waals surface area (Å²) in [7, 11) is 3.14. The molecule has 0 fully saturated rings. The highest BCUT2D eigenvalue weighted by atomic mass is 35.5. The van der Waals surface area contributed by atoms with E-state index in [1.807, 2.05) is 0 Å². The van der Waals surface area contributed by atoms with Crippen LogP contribution in [0.4, 0.5) is 0 Å². The molecule has 0 bridgehead atoms. The monoisotopic (exact) mass is 257 g/mol. The van der Waals surface area contributed by atoms with Gasteiger partial charge in [-0.2, -0.15) is 0 Å². The molecule has 5 heteroatoms. The Bertz CT molecular complexity index is 407. The third-order valence-corrected chi connectivity index (χ3v) is 2.44. The first-order valence-corrected chi connectivity index (χ1v) is 5.66. The summed E-state index contributed by atoms with van der Waals surface area (Å²) >= 11 is 5.82. The number of alkyl halides is 1. The topological polar surface area (TPSA) is 49.8 Å². The van der Waals surface area contributed by atoms with Crippen molar-refractivity contribution >= 4 is 17.5 Å². The first kappa shape index (κ1) is 13.6. The number of carbonyl (C=O) groups is 1. The highest BCUT2D eigenvalue weighted by molar-refractivity contribution is 6.20. The Labute approximate surface area is 106 Å². The lowest BCUT2D eigenvalue weighted by Gasteiger charge is -2.19. The Balaban J connectivity index is 2.94. The first-order valence-electron chi connectivity index (χ1n) is 5.22. The summed E-state index contributed by atoms with van der Waals surface area (Å²) in [4.78, 5) is 13.5. The fourth-order valence-corrected chi connectivity index (χ4v) is 1.69. The second kappa shape index (κ2) is 5.77.